The van der Waals surface area contributed by atoms with Crippen molar-refractivity contribution in [3.8, 4) is 0 Å². The number of alkyl halides is 1. The molecule has 1 unspecified atom stereocenters. The largest absolute Gasteiger partial charge is 0.381 e. The van der Waals surface area contributed by atoms with E-state index in [0.717, 1.165) is 6.07 Å². The van der Waals surface area contributed by atoms with E-state index in [9.17, 15) is 13.6 Å². The van der Waals surface area contributed by atoms with Crippen LogP contribution >= 0.6 is 11.6 Å². The summed E-state index contributed by atoms with van der Waals surface area (Å²) in [7, 11) is 0. The van der Waals surface area contributed by atoms with Gasteiger partial charge in [-0.25, -0.2) is 23.7 Å². The van der Waals surface area contributed by atoms with Crippen LogP contribution in [0.2, 0.25) is 5.02 Å². The highest BCUT2D eigenvalue weighted by molar-refractivity contribution is 6.30. The summed E-state index contributed by atoms with van der Waals surface area (Å²) >= 11 is 5.66. The van der Waals surface area contributed by atoms with Gasteiger partial charge < -0.3 is 15.6 Å². The average Bonchev–Trinajstić information content (AvgIpc) is 3.17. The molecule has 0 radical (unpaired) electrons. The molecule has 1 atom stereocenters. The van der Waals surface area contributed by atoms with E-state index in [-0.39, 0.29) is 17.4 Å². The lowest BCUT2D eigenvalue weighted by molar-refractivity contribution is 0.101. The van der Waals surface area contributed by atoms with Crippen LogP contribution in [0.5, 0.6) is 0 Å². The molecule has 7 nitrogen and oxygen atoms in total. The summed E-state index contributed by atoms with van der Waals surface area (Å²) in [4.78, 5) is 24.6. The minimum absolute atomic E-state index is 0.0811. The first-order chi connectivity index (χ1) is 13.9. The number of carbonyl (C=O) groups is 1. The van der Waals surface area contributed by atoms with Gasteiger partial charge in [-0.05, 0) is 23.8 Å². The van der Waals surface area contributed by atoms with Crippen LogP contribution < -0.4 is 11.1 Å². The number of rotatable bonds is 4. The van der Waals surface area contributed by atoms with Gasteiger partial charge in [-0.1, -0.05) is 23.7 Å². The zero-order valence-corrected chi connectivity index (χ0v) is 15.7. The van der Waals surface area contributed by atoms with E-state index < -0.39 is 29.6 Å². The number of hydrogen-bond acceptors (Lipinski definition) is 5. The Kier molecular flexibility index (Phi) is 4.75. The molecule has 148 valence electrons. The van der Waals surface area contributed by atoms with E-state index in [1.54, 1.807) is 41.2 Å². The molecule has 0 bridgehead atoms. The van der Waals surface area contributed by atoms with E-state index in [4.69, 9.17) is 17.3 Å². The van der Waals surface area contributed by atoms with Crippen LogP contribution in [0.15, 0.2) is 53.9 Å². The van der Waals surface area contributed by atoms with Gasteiger partial charge in [-0.15, -0.1) is 0 Å². The van der Waals surface area contributed by atoms with Crippen LogP contribution in [0.25, 0.3) is 0 Å². The summed E-state index contributed by atoms with van der Waals surface area (Å²) in [5.41, 5.74) is 5.15. The number of hydrogen-bond donors (Lipinski definition) is 2. The Labute approximate surface area is 169 Å². The number of fused-ring (bicyclic) bond motifs is 1. The summed E-state index contributed by atoms with van der Waals surface area (Å²) in [5, 5.41) is 2.64. The Balaban J connectivity index is 1.65. The summed E-state index contributed by atoms with van der Waals surface area (Å²) < 4.78 is 29.9. The standard InChI is InChI=1S/C19H15ClF2N6O/c20-12-7-14(22)15(25-8-12)18(29)26-13-3-1-2-11(6-13)19(9-21)10-28-5-4-24-17(28)16(23)27-19/h1-8H,9-10H2,(H2,23,27)(H,26,29). The lowest BCUT2D eigenvalue weighted by Crippen LogP contribution is -2.40. The monoisotopic (exact) mass is 416 g/mol. The smallest absolute Gasteiger partial charge is 0.277 e. The first-order valence-corrected chi connectivity index (χ1v) is 8.95. The minimum atomic E-state index is -1.26. The fraction of sp³-hybridized carbons (Fsp3) is 0.158. The molecule has 4 rings (SSSR count). The van der Waals surface area contributed by atoms with Crippen LogP contribution in [0, 0.1) is 5.82 Å². The Hall–Kier alpha value is -3.33. The maximum Gasteiger partial charge on any atom is 0.277 e. The van der Waals surface area contributed by atoms with Crippen molar-refractivity contribution < 1.29 is 13.6 Å². The molecule has 1 aromatic carbocycles. The number of pyridine rings is 1. The third-order valence-corrected chi connectivity index (χ3v) is 4.82. The number of halogens is 3. The van der Waals surface area contributed by atoms with Crippen LogP contribution in [0.3, 0.4) is 0 Å². The maximum atomic E-state index is 14.2. The zero-order valence-electron chi connectivity index (χ0n) is 14.9. The molecule has 1 amide bonds. The highest BCUT2D eigenvalue weighted by Gasteiger charge is 2.37. The van der Waals surface area contributed by atoms with Crippen LogP contribution in [-0.4, -0.2) is 33.0 Å². The van der Waals surface area contributed by atoms with E-state index in [2.05, 4.69) is 20.3 Å². The fourth-order valence-electron chi connectivity index (χ4n) is 3.23. The lowest BCUT2D eigenvalue weighted by Gasteiger charge is -2.32. The summed E-state index contributed by atoms with van der Waals surface area (Å²) in [5.74, 6) is -0.999. The highest BCUT2D eigenvalue weighted by atomic mass is 35.5. The lowest BCUT2D eigenvalue weighted by atomic mass is 9.90. The van der Waals surface area contributed by atoms with Crippen molar-refractivity contribution in [2.24, 2.45) is 10.7 Å². The molecule has 10 heteroatoms. The molecule has 1 aliphatic rings. The second-order valence-electron chi connectivity index (χ2n) is 6.56. The number of imidazole rings is 1. The Bertz CT molecular complexity index is 1130. The Morgan fingerprint density at radius 3 is 2.93 bits per heavy atom. The van der Waals surface area contributed by atoms with Crippen LogP contribution in [0.4, 0.5) is 14.5 Å². The average molecular weight is 417 g/mol. The SMILES string of the molecule is NC1=NC(CF)(c2cccc(NC(=O)c3ncc(Cl)cc3F)c2)Cn2ccnc21. The van der Waals surface area contributed by atoms with Crippen molar-refractivity contribution in [2.45, 2.75) is 12.1 Å². The summed E-state index contributed by atoms with van der Waals surface area (Å²) in [6.45, 7) is -0.611. The number of amidine groups is 1. The van der Waals surface area contributed by atoms with Gasteiger partial charge >= 0.3 is 0 Å². The quantitative estimate of drug-likeness (QED) is 0.683. The number of nitrogens with one attached hydrogen (secondary N) is 1. The Morgan fingerprint density at radius 2 is 2.17 bits per heavy atom. The number of benzene rings is 1. The molecule has 1 aliphatic heterocycles. The molecule has 3 aromatic rings. The van der Waals surface area contributed by atoms with Crippen molar-refractivity contribution in [2.75, 3.05) is 12.0 Å². The number of nitrogens with zero attached hydrogens (tertiary/aromatic N) is 4. The minimum Gasteiger partial charge on any atom is -0.381 e. The molecule has 3 N–H and O–H groups in total. The highest BCUT2D eigenvalue weighted by Crippen LogP contribution is 2.33. The molecule has 0 saturated heterocycles. The van der Waals surface area contributed by atoms with Gasteiger partial charge in [0, 0.05) is 24.3 Å². The topological polar surface area (TPSA) is 98.2 Å². The number of aromatic nitrogens is 3. The van der Waals surface area contributed by atoms with Gasteiger partial charge in [0.25, 0.3) is 5.91 Å². The normalized spacial score (nSPS) is 18.1. The number of amides is 1. The summed E-state index contributed by atoms with van der Waals surface area (Å²) in [6, 6.07) is 7.50. The third-order valence-electron chi connectivity index (χ3n) is 4.61. The zero-order chi connectivity index (χ0) is 20.6. The van der Waals surface area contributed by atoms with Crippen molar-refractivity contribution in [3.63, 3.8) is 0 Å². The van der Waals surface area contributed by atoms with E-state index in [1.807, 2.05) is 0 Å². The predicted octanol–water partition coefficient (Wildman–Crippen LogP) is 2.91. The van der Waals surface area contributed by atoms with Crippen molar-refractivity contribution in [1.82, 2.24) is 14.5 Å². The number of carbonyl (C=O) groups excluding carboxylic acids is 1. The third kappa shape index (κ3) is 3.44. The van der Waals surface area contributed by atoms with Crippen LogP contribution in [-0.2, 0) is 12.1 Å². The van der Waals surface area contributed by atoms with Gasteiger partial charge in [0.15, 0.2) is 23.2 Å². The van der Waals surface area contributed by atoms with Crippen LogP contribution in [0.1, 0.15) is 21.9 Å². The molecule has 0 fully saturated rings. The van der Waals surface area contributed by atoms with Crippen molar-refractivity contribution in [3.05, 3.63) is 76.8 Å². The molecule has 29 heavy (non-hydrogen) atoms. The van der Waals surface area contributed by atoms with Crippen molar-refractivity contribution in [1.29, 1.82) is 0 Å². The number of anilines is 1. The van der Waals surface area contributed by atoms with Gasteiger partial charge in [-0.3, -0.25) is 4.79 Å². The molecule has 3 heterocycles. The molecule has 2 aromatic heterocycles. The second kappa shape index (κ2) is 7.25. The second-order valence-corrected chi connectivity index (χ2v) is 7.00. The first-order valence-electron chi connectivity index (χ1n) is 8.57. The molecule has 0 saturated carbocycles. The van der Waals surface area contributed by atoms with Crippen molar-refractivity contribution >= 4 is 29.0 Å². The Morgan fingerprint density at radius 1 is 1.34 bits per heavy atom. The predicted molar refractivity (Wildman–Crippen MR) is 104 cm³/mol. The van der Waals surface area contributed by atoms with E-state index in [1.165, 1.54) is 6.20 Å². The van der Waals surface area contributed by atoms with E-state index in [0.29, 0.717) is 17.1 Å². The molecule has 0 aliphatic carbocycles. The first kappa shape index (κ1) is 19.0. The molecule has 0 spiro atoms. The summed E-state index contributed by atoms with van der Waals surface area (Å²) in [6.07, 6.45) is 4.44. The number of aliphatic imine (C=N–C) groups is 1. The van der Waals surface area contributed by atoms with Gasteiger partial charge in [-0.2, -0.15) is 0 Å². The number of nitrogens with two attached hydrogens (primary N) is 1. The molecular formula is C19H15ClF2N6O. The van der Waals surface area contributed by atoms with Gasteiger partial charge in [0.05, 0.1) is 11.6 Å². The maximum absolute atomic E-state index is 14.2. The fourth-order valence-corrected chi connectivity index (χ4v) is 3.38. The van der Waals surface area contributed by atoms with Gasteiger partial charge in [0.2, 0.25) is 0 Å². The van der Waals surface area contributed by atoms with E-state index >= 15 is 0 Å². The molecular weight excluding hydrogens is 402 g/mol. The van der Waals surface area contributed by atoms with Gasteiger partial charge in [0.1, 0.15) is 12.2 Å².